The summed E-state index contributed by atoms with van der Waals surface area (Å²) in [6.07, 6.45) is 4.59. The van der Waals surface area contributed by atoms with Gasteiger partial charge in [-0.1, -0.05) is 36.9 Å². The van der Waals surface area contributed by atoms with Crippen molar-refractivity contribution in [1.82, 2.24) is 0 Å². The molecule has 0 amide bonds. The maximum atomic E-state index is 11.2. The third kappa shape index (κ3) is 6.73. The van der Waals surface area contributed by atoms with Crippen LogP contribution in [0.4, 0.5) is 0 Å². The molecule has 0 spiro atoms. The first-order chi connectivity index (χ1) is 9.61. The fourth-order valence-electron chi connectivity index (χ4n) is 1.82. The molecule has 0 aliphatic rings. The van der Waals surface area contributed by atoms with Crippen molar-refractivity contribution >= 4 is 11.9 Å². The molecule has 1 aromatic carbocycles. The maximum absolute atomic E-state index is 11.2. The average molecular weight is 276 g/mol. The molecule has 1 rings (SSSR count). The smallest absolute Gasteiger partial charge is 0.307 e. The van der Waals surface area contributed by atoms with E-state index >= 15 is 0 Å². The summed E-state index contributed by atoms with van der Waals surface area (Å²) in [7, 11) is 0. The molecule has 0 saturated carbocycles. The molecule has 0 fully saturated rings. The number of carbonyl (C=O) groups excluding carboxylic acids is 1. The molecule has 1 N–H and O–H groups in total. The van der Waals surface area contributed by atoms with Crippen molar-refractivity contribution in [1.29, 1.82) is 0 Å². The topological polar surface area (TPSA) is 63.6 Å². The van der Waals surface area contributed by atoms with E-state index in [9.17, 15) is 9.59 Å². The molecule has 4 heteroatoms. The van der Waals surface area contributed by atoms with E-state index in [1.54, 1.807) is 6.08 Å². The highest BCUT2D eigenvalue weighted by Crippen LogP contribution is 2.10. The van der Waals surface area contributed by atoms with Gasteiger partial charge in [-0.2, -0.15) is 0 Å². The summed E-state index contributed by atoms with van der Waals surface area (Å²) in [5.41, 5.74) is 1.95. The van der Waals surface area contributed by atoms with Crippen LogP contribution < -0.4 is 0 Å². The molecule has 1 aromatic rings. The minimum atomic E-state index is -0.823. The number of aryl methyl sites for hydroxylation is 1. The van der Waals surface area contributed by atoms with Crippen molar-refractivity contribution < 1.29 is 19.4 Å². The van der Waals surface area contributed by atoms with Crippen LogP contribution in [-0.2, 0) is 27.2 Å². The highest BCUT2D eigenvalue weighted by Gasteiger charge is 2.03. The van der Waals surface area contributed by atoms with Gasteiger partial charge in [-0.3, -0.25) is 9.59 Å². The summed E-state index contributed by atoms with van der Waals surface area (Å²) >= 11 is 0. The molecule has 4 nitrogen and oxygen atoms in total. The van der Waals surface area contributed by atoms with Gasteiger partial charge in [-0.05, 0) is 30.4 Å². The number of ether oxygens (including phenoxy) is 1. The predicted molar refractivity (Wildman–Crippen MR) is 76.5 cm³/mol. The molecule has 0 aliphatic heterocycles. The Kier molecular flexibility index (Phi) is 7.11. The number of carboxylic acid groups (broad SMARTS) is 1. The molecule has 0 radical (unpaired) electrons. The van der Waals surface area contributed by atoms with Gasteiger partial charge in [0.1, 0.15) is 6.61 Å². The zero-order valence-corrected chi connectivity index (χ0v) is 11.5. The van der Waals surface area contributed by atoms with Gasteiger partial charge in [0.2, 0.25) is 0 Å². The van der Waals surface area contributed by atoms with Gasteiger partial charge in [0.05, 0.1) is 6.42 Å². The lowest BCUT2D eigenvalue weighted by Gasteiger charge is -2.04. The van der Waals surface area contributed by atoms with E-state index in [-0.39, 0.29) is 19.0 Å². The lowest BCUT2D eigenvalue weighted by Crippen LogP contribution is -2.04. The standard InChI is InChI=1S/C16H20O4/c1-2-11-20-16(19)6-4-3-5-13-7-9-14(10-8-13)12-15(17)18/h2,7-10H,1,3-6,11-12H2,(H,17,18). The van der Waals surface area contributed by atoms with Crippen LogP contribution in [0.1, 0.15) is 30.4 Å². The average Bonchev–Trinajstić information content (AvgIpc) is 2.42. The van der Waals surface area contributed by atoms with Gasteiger partial charge in [0.25, 0.3) is 0 Å². The fraction of sp³-hybridized carbons (Fsp3) is 0.375. The molecule has 20 heavy (non-hydrogen) atoms. The van der Waals surface area contributed by atoms with Crippen molar-refractivity contribution in [2.24, 2.45) is 0 Å². The van der Waals surface area contributed by atoms with E-state index in [0.717, 1.165) is 30.4 Å². The van der Waals surface area contributed by atoms with Gasteiger partial charge in [0, 0.05) is 6.42 Å². The first kappa shape index (κ1) is 16.0. The van der Waals surface area contributed by atoms with Gasteiger partial charge < -0.3 is 9.84 Å². The van der Waals surface area contributed by atoms with Crippen molar-refractivity contribution in [3.63, 3.8) is 0 Å². The number of rotatable bonds is 9. The van der Waals surface area contributed by atoms with Crippen LogP contribution in [0.5, 0.6) is 0 Å². The summed E-state index contributed by atoms with van der Waals surface area (Å²) in [5, 5.41) is 8.67. The number of benzene rings is 1. The van der Waals surface area contributed by atoms with E-state index in [2.05, 4.69) is 6.58 Å². The third-order valence-corrected chi connectivity index (χ3v) is 2.84. The first-order valence-electron chi connectivity index (χ1n) is 6.68. The predicted octanol–water partition coefficient (Wildman–Crippen LogP) is 2.76. The Balaban J connectivity index is 2.23. The second kappa shape index (κ2) is 8.91. The third-order valence-electron chi connectivity index (χ3n) is 2.84. The second-order valence-electron chi connectivity index (χ2n) is 4.57. The SMILES string of the molecule is C=CCOC(=O)CCCCc1ccc(CC(=O)O)cc1. The van der Waals surface area contributed by atoms with Crippen LogP contribution >= 0.6 is 0 Å². The number of hydrogen-bond acceptors (Lipinski definition) is 3. The van der Waals surface area contributed by atoms with Crippen molar-refractivity contribution in [3.8, 4) is 0 Å². The van der Waals surface area contributed by atoms with E-state index < -0.39 is 5.97 Å². The molecule has 0 heterocycles. The van der Waals surface area contributed by atoms with Crippen molar-refractivity contribution in [2.75, 3.05) is 6.61 Å². The van der Waals surface area contributed by atoms with Gasteiger partial charge in [-0.25, -0.2) is 0 Å². The molecular weight excluding hydrogens is 256 g/mol. The van der Waals surface area contributed by atoms with Gasteiger partial charge in [0.15, 0.2) is 0 Å². The van der Waals surface area contributed by atoms with Crippen LogP contribution in [-0.4, -0.2) is 23.7 Å². The number of carboxylic acids is 1. The molecule has 0 atom stereocenters. The highest BCUT2D eigenvalue weighted by atomic mass is 16.5. The number of hydrogen-bond donors (Lipinski definition) is 1. The van der Waals surface area contributed by atoms with E-state index in [1.807, 2.05) is 24.3 Å². The number of aliphatic carboxylic acids is 1. The van der Waals surface area contributed by atoms with E-state index in [0.29, 0.717) is 6.42 Å². The molecular formula is C16H20O4. The fourth-order valence-corrected chi connectivity index (χ4v) is 1.82. The number of carbonyl (C=O) groups is 2. The monoisotopic (exact) mass is 276 g/mol. The number of esters is 1. The summed E-state index contributed by atoms with van der Waals surface area (Å²) < 4.78 is 4.88. The quantitative estimate of drug-likeness (QED) is 0.428. The van der Waals surface area contributed by atoms with E-state index in [4.69, 9.17) is 9.84 Å². The summed E-state index contributed by atoms with van der Waals surface area (Å²) in [6.45, 7) is 3.75. The lowest BCUT2D eigenvalue weighted by atomic mass is 10.0. The largest absolute Gasteiger partial charge is 0.481 e. The Morgan fingerprint density at radius 2 is 1.80 bits per heavy atom. The highest BCUT2D eigenvalue weighted by molar-refractivity contribution is 5.70. The molecule has 0 saturated heterocycles. The Morgan fingerprint density at radius 3 is 2.40 bits per heavy atom. The first-order valence-corrected chi connectivity index (χ1v) is 6.68. The minimum Gasteiger partial charge on any atom is -0.481 e. The minimum absolute atomic E-state index is 0.0510. The normalized spacial score (nSPS) is 10.0. The molecule has 0 aliphatic carbocycles. The summed E-state index contributed by atoms with van der Waals surface area (Å²) in [5.74, 6) is -1.02. The number of unbranched alkanes of at least 4 members (excludes halogenated alkanes) is 1. The Bertz CT molecular complexity index is 448. The van der Waals surface area contributed by atoms with Gasteiger partial charge >= 0.3 is 11.9 Å². The Hall–Kier alpha value is -2.10. The van der Waals surface area contributed by atoms with E-state index in [1.165, 1.54) is 0 Å². The van der Waals surface area contributed by atoms with Crippen LogP contribution in [0.25, 0.3) is 0 Å². The van der Waals surface area contributed by atoms with Crippen LogP contribution in [0.15, 0.2) is 36.9 Å². The molecule has 0 unspecified atom stereocenters. The van der Waals surface area contributed by atoms with Crippen LogP contribution in [0.3, 0.4) is 0 Å². The second-order valence-corrected chi connectivity index (χ2v) is 4.57. The Labute approximate surface area is 119 Å². The lowest BCUT2D eigenvalue weighted by molar-refractivity contribution is -0.142. The molecule has 0 bridgehead atoms. The maximum Gasteiger partial charge on any atom is 0.307 e. The van der Waals surface area contributed by atoms with Crippen LogP contribution in [0.2, 0.25) is 0 Å². The Morgan fingerprint density at radius 1 is 1.15 bits per heavy atom. The van der Waals surface area contributed by atoms with Gasteiger partial charge in [-0.15, -0.1) is 0 Å². The van der Waals surface area contributed by atoms with Crippen LogP contribution in [0, 0.1) is 0 Å². The molecule has 0 aromatic heterocycles. The molecule has 108 valence electrons. The summed E-state index contributed by atoms with van der Waals surface area (Å²) in [4.78, 5) is 21.8. The zero-order chi connectivity index (χ0) is 14.8. The summed E-state index contributed by atoms with van der Waals surface area (Å²) in [6, 6.07) is 7.55. The van der Waals surface area contributed by atoms with Crippen molar-refractivity contribution in [3.05, 3.63) is 48.0 Å². The van der Waals surface area contributed by atoms with Crippen molar-refractivity contribution in [2.45, 2.75) is 32.1 Å². The zero-order valence-electron chi connectivity index (χ0n) is 11.5.